The first-order chi connectivity index (χ1) is 20.5. The van der Waals surface area contributed by atoms with Gasteiger partial charge >= 0.3 is 12.2 Å². The molecule has 1 saturated heterocycles. The highest BCUT2D eigenvalue weighted by Gasteiger charge is 2.39. The number of para-hydroxylation sites is 1. The van der Waals surface area contributed by atoms with Gasteiger partial charge in [0.2, 0.25) is 0 Å². The number of hydrogen-bond acceptors (Lipinski definition) is 7. The van der Waals surface area contributed by atoms with E-state index < -0.39 is 29.9 Å². The van der Waals surface area contributed by atoms with Gasteiger partial charge in [-0.15, -0.1) is 0 Å². The van der Waals surface area contributed by atoms with E-state index in [9.17, 15) is 27.9 Å². The predicted octanol–water partition coefficient (Wildman–Crippen LogP) is 3.71. The van der Waals surface area contributed by atoms with Crippen LogP contribution in [0.5, 0.6) is 5.75 Å². The second-order valence-corrected chi connectivity index (χ2v) is 10.1. The lowest BCUT2D eigenvalue weighted by atomic mass is 10.0. The number of aliphatic hydroxyl groups excluding tert-OH is 1. The van der Waals surface area contributed by atoms with Gasteiger partial charge in [-0.2, -0.15) is 18.3 Å². The van der Waals surface area contributed by atoms with Crippen molar-refractivity contribution in [3.05, 3.63) is 77.1 Å². The smallest absolute Gasteiger partial charge is 0.433 e. The molecule has 4 N–H and O–H groups in total. The summed E-state index contributed by atoms with van der Waals surface area (Å²) in [6.45, 7) is 2.27. The fourth-order valence-corrected chi connectivity index (χ4v) is 5.44. The fraction of sp³-hybridized carbons (Fsp3) is 0.310. The number of nitrogens with two attached hydrogens (primary N) is 1. The number of rotatable bonds is 7. The number of fused-ring (bicyclic) bond motifs is 1. The van der Waals surface area contributed by atoms with Gasteiger partial charge in [0.25, 0.3) is 5.91 Å². The van der Waals surface area contributed by atoms with E-state index in [2.05, 4.69) is 15.4 Å². The number of nitrogens with one attached hydrogen (secondary N) is 1. The Labute approximate surface area is 244 Å². The summed E-state index contributed by atoms with van der Waals surface area (Å²) in [4.78, 5) is 33.1. The molecule has 1 atom stereocenters. The number of urea groups is 1. The molecule has 3 amide bonds. The lowest BCUT2D eigenvalue weighted by Crippen LogP contribution is -2.50. The summed E-state index contributed by atoms with van der Waals surface area (Å²) in [7, 11) is 1.49. The number of piperazine rings is 1. The molecule has 2 aromatic carbocycles. The molecule has 2 aromatic heterocycles. The summed E-state index contributed by atoms with van der Waals surface area (Å²) < 4.78 is 48.7. The highest BCUT2D eigenvalue weighted by molar-refractivity contribution is 6.00. The number of halogens is 3. The van der Waals surface area contributed by atoms with E-state index in [0.29, 0.717) is 40.2 Å². The third-order valence-electron chi connectivity index (χ3n) is 7.54. The van der Waals surface area contributed by atoms with Gasteiger partial charge in [0.1, 0.15) is 11.3 Å². The van der Waals surface area contributed by atoms with E-state index in [4.69, 9.17) is 10.5 Å². The van der Waals surface area contributed by atoms with Crippen LogP contribution in [0.25, 0.3) is 16.9 Å². The second kappa shape index (κ2) is 11.9. The highest BCUT2D eigenvalue weighted by Crippen LogP contribution is 2.37. The van der Waals surface area contributed by atoms with Crippen LogP contribution in [0.4, 0.5) is 23.7 Å². The van der Waals surface area contributed by atoms with Gasteiger partial charge in [-0.1, -0.05) is 18.2 Å². The summed E-state index contributed by atoms with van der Waals surface area (Å²) >= 11 is 0. The van der Waals surface area contributed by atoms with Gasteiger partial charge in [-0.3, -0.25) is 9.69 Å². The Hall–Kier alpha value is -4.69. The zero-order chi connectivity index (χ0) is 30.9. The predicted molar refractivity (Wildman–Crippen MR) is 152 cm³/mol. The maximum absolute atomic E-state index is 14.3. The number of carbonyl (C=O) groups excluding carboxylic acids is 2. The summed E-state index contributed by atoms with van der Waals surface area (Å²) in [6.07, 6.45) is -3.64. The molecule has 1 aliphatic rings. The molecule has 43 heavy (non-hydrogen) atoms. The standard InChI is InChI=1S/C29H30F3N7O4/c1-17-24(18-7-9-19(43-2)10-8-18)36-26-21(15-34-39(26)25(17)29(30,31)32)27(41)38-13-11-37(12-14-38)23(16-40)20-5-3-4-6-22(20)35-28(33)42/h3-10,15,23,40H,11-14,16H2,1-2H3,(H3,33,35,42)/t23-/m0/s1. The van der Waals surface area contributed by atoms with Crippen molar-refractivity contribution < 1.29 is 32.6 Å². The molecule has 0 bridgehead atoms. The average molecular weight is 598 g/mol. The van der Waals surface area contributed by atoms with E-state index in [1.54, 1.807) is 48.5 Å². The summed E-state index contributed by atoms with van der Waals surface area (Å²) in [6, 6.07) is 12.2. The maximum Gasteiger partial charge on any atom is 0.433 e. The van der Waals surface area contributed by atoms with Crippen molar-refractivity contribution in [1.82, 2.24) is 24.4 Å². The fourth-order valence-electron chi connectivity index (χ4n) is 5.44. The molecular weight excluding hydrogens is 567 g/mol. The molecule has 0 aliphatic carbocycles. The van der Waals surface area contributed by atoms with Crippen molar-refractivity contribution in [3.63, 3.8) is 0 Å². The molecule has 226 valence electrons. The summed E-state index contributed by atoms with van der Waals surface area (Å²) in [5.74, 6) is 0.0325. The Bertz CT molecular complexity index is 1650. The van der Waals surface area contributed by atoms with Crippen LogP contribution in [-0.4, -0.2) is 81.3 Å². The Balaban J connectivity index is 1.43. The first-order valence-corrected chi connectivity index (χ1v) is 13.4. The molecular formula is C29H30F3N7O4. The number of anilines is 1. The van der Waals surface area contributed by atoms with E-state index in [-0.39, 0.29) is 42.2 Å². The van der Waals surface area contributed by atoms with Crippen molar-refractivity contribution in [2.45, 2.75) is 19.1 Å². The third kappa shape index (κ3) is 5.83. The van der Waals surface area contributed by atoms with Crippen molar-refractivity contribution in [1.29, 1.82) is 0 Å². The first kappa shape index (κ1) is 29.8. The van der Waals surface area contributed by atoms with Crippen molar-refractivity contribution in [2.75, 3.05) is 45.2 Å². The van der Waals surface area contributed by atoms with Crippen LogP contribution in [0.15, 0.2) is 54.7 Å². The van der Waals surface area contributed by atoms with E-state index in [1.807, 2.05) is 4.90 Å². The van der Waals surface area contributed by atoms with Gasteiger partial charge < -0.3 is 25.8 Å². The number of primary amides is 1. The monoisotopic (exact) mass is 597 g/mol. The molecule has 3 heterocycles. The van der Waals surface area contributed by atoms with Crippen LogP contribution in [0.3, 0.4) is 0 Å². The maximum atomic E-state index is 14.3. The minimum atomic E-state index is -4.76. The Morgan fingerprint density at radius 1 is 1.09 bits per heavy atom. The number of aromatic nitrogens is 3. The molecule has 11 nitrogen and oxygen atoms in total. The van der Waals surface area contributed by atoms with E-state index in [1.165, 1.54) is 18.9 Å². The van der Waals surface area contributed by atoms with E-state index in [0.717, 1.165) is 6.20 Å². The molecule has 0 radical (unpaired) electrons. The van der Waals surface area contributed by atoms with Crippen LogP contribution in [0.2, 0.25) is 0 Å². The first-order valence-electron chi connectivity index (χ1n) is 13.4. The molecule has 0 saturated carbocycles. The summed E-state index contributed by atoms with van der Waals surface area (Å²) in [5.41, 5.74) is 5.55. The normalized spacial score (nSPS) is 15.0. The van der Waals surface area contributed by atoms with Crippen LogP contribution in [0, 0.1) is 6.92 Å². The van der Waals surface area contributed by atoms with Gasteiger partial charge in [-0.25, -0.2) is 14.3 Å². The number of nitrogens with zero attached hydrogens (tertiary/aromatic N) is 5. The minimum Gasteiger partial charge on any atom is -0.497 e. The van der Waals surface area contributed by atoms with Gasteiger partial charge in [0, 0.05) is 43.0 Å². The highest BCUT2D eigenvalue weighted by atomic mass is 19.4. The molecule has 1 aliphatic heterocycles. The number of carbonyl (C=O) groups is 2. The molecule has 1 fully saturated rings. The SMILES string of the molecule is COc1ccc(-c2nc3c(C(=O)N4CCN([C@@H](CO)c5ccccc5NC(N)=O)CC4)cnn3c(C(F)(F)F)c2C)cc1. The Morgan fingerprint density at radius 3 is 2.37 bits per heavy atom. The van der Waals surface area contributed by atoms with Gasteiger partial charge in [0.05, 0.1) is 31.6 Å². The Kier molecular flexibility index (Phi) is 8.24. The number of hydrogen-bond donors (Lipinski definition) is 3. The number of methoxy groups -OCH3 is 1. The molecule has 0 unspecified atom stereocenters. The molecule has 14 heteroatoms. The quantitative estimate of drug-likeness (QED) is 0.295. The zero-order valence-corrected chi connectivity index (χ0v) is 23.4. The van der Waals surface area contributed by atoms with Crippen LogP contribution < -0.4 is 15.8 Å². The number of amides is 3. The van der Waals surface area contributed by atoms with Crippen molar-refractivity contribution >= 4 is 23.3 Å². The lowest BCUT2D eigenvalue weighted by Gasteiger charge is -2.39. The molecule has 5 rings (SSSR count). The van der Waals surface area contributed by atoms with Crippen LogP contribution in [-0.2, 0) is 6.18 Å². The molecule has 0 spiro atoms. The number of alkyl halides is 3. The number of ether oxygens (including phenoxy) is 1. The van der Waals surface area contributed by atoms with E-state index >= 15 is 0 Å². The summed E-state index contributed by atoms with van der Waals surface area (Å²) in [5, 5.41) is 16.7. The van der Waals surface area contributed by atoms with Crippen LogP contribution in [0.1, 0.15) is 33.2 Å². The van der Waals surface area contributed by atoms with Crippen molar-refractivity contribution in [3.8, 4) is 17.0 Å². The Morgan fingerprint density at radius 2 is 1.77 bits per heavy atom. The van der Waals surface area contributed by atoms with Crippen molar-refractivity contribution in [2.24, 2.45) is 5.73 Å². The largest absolute Gasteiger partial charge is 0.497 e. The third-order valence-corrected chi connectivity index (χ3v) is 7.54. The lowest BCUT2D eigenvalue weighted by molar-refractivity contribution is -0.143. The molecule has 4 aromatic rings. The number of benzene rings is 2. The average Bonchev–Trinajstić information content (AvgIpc) is 3.40. The van der Waals surface area contributed by atoms with Gasteiger partial charge in [-0.05, 0) is 42.8 Å². The number of aliphatic hydroxyl groups is 1. The van der Waals surface area contributed by atoms with Gasteiger partial charge in [0.15, 0.2) is 11.3 Å². The minimum absolute atomic E-state index is 0.0524. The topological polar surface area (TPSA) is 138 Å². The van der Waals surface area contributed by atoms with Crippen LogP contribution >= 0.6 is 0 Å². The second-order valence-electron chi connectivity index (χ2n) is 10.1. The zero-order valence-electron chi connectivity index (χ0n) is 23.4.